The van der Waals surface area contributed by atoms with Gasteiger partial charge >= 0.3 is 21.6 Å². The van der Waals surface area contributed by atoms with Gasteiger partial charge in [0.1, 0.15) is 17.6 Å². The van der Waals surface area contributed by atoms with Crippen LogP contribution in [0.3, 0.4) is 0 Å². The van der Waals surface area contributed by atoms with E-state index in [0.717, 1.165) is 12.3 Å². The first-order chi connectivity index (χ1) is 14.1. The van der Waals surface area contributed by atoms with Gasteiger partial charge in [-0.1, -0.05) is 6.07 Å². The molecule has 14 heteroatoms. The fraction of sp³-hybridized carbons (Fsp3) is 0.188. The number of halogens is 3. The van der Waals surface area contributed by atoms with Crippen LogP contribution in [-0.2, 0) is 10.1 Å². The van der Waals surface area contributed by atoms with Crippen molar-refractivity contribution in [1.82, 2.24) is 15.0 Å². The summed E-state index contributed by atoms with van der Waals surface area (Å²) in [6, 6.07) is 4.51. The van der Waals surface area contributed by atoms with Gasteiger partial charge in [0.15, 0.2) is 5.75 Å². The molecule has 0 saturated heterocycles. The molecule has 2 heterocycles. The molecule has 10 nitrogen and oxygen atoms in total. The first kappa shape index (κ1) is 21.2. The Bertz CT molecular complexity index is 1110. The topological polar surface area (TPSA) is 123 Å². The lowest BCUT2D eigenvalue weighted by Crippen LogP contribution is -2.28. The molecule has 30 heavy (non-hydrogen) atoms. The molecule has 0 N–H and O–H groups in total. The number of hydrogen-bond donors (Lipinski definition) is 0. The van der Waals surface area contributed by atoms with E-state index in [-0.39, 0.29) is 35.0 Å². The molecule has 0 saturated carbocycles. The molecule has 0 aliphatic rings. The van der Waals surface area contributed by atoms with Crippen molar-refractivity contribution in [3.63, 3.8) is 0 Å². The second-order valence-electron chi connectivity index (χ2n) is 5.29. The van der Waals surface area contributed by atoms with Crippen molar-refractivity contribution in [2.24, 2.45) is 0 Å². The zero-order valence-electron chi connectivity index (χ0n) is 15.2. The molecule has 0 amide bonds. The quantitative estimate of drug-likeness (QED) is 0.394. The van der Waals surface area contributed by atoms with E-state index < -0.39 is 21.4 Å². The highest BCUT2D eigenvalue weighted by Crippen LogP contribution is 2.41. The van der Waals surface area contributed by atoms with Crippen LogP contribution in [-0.4, -0.2) is 43.1 Å². The van der Waals surface area contributed by atoms with E-state index in [1.54, 1.807) is 0 Å². The normalized spacial score (nSPS) is 11.8. The van der Waals surface area contributed by atoms with Crippen molar-refractivity contribution in [3.8, 4) is 40.7 Å². The standard InChI is InChI=1S/C16H12F3N3O7S/c1-25-11-8-12(26-2)22-15(21-11)28-9-4-3-5-10(13(9)14-20-6-7-27-14)29-30(23,24)16(17,18)19/h3-8H,1-2H3. The Hall–Kier alpha value is -3.55. The Morgan fingerprint density at radius 3 is 2.20 bits per heavy atom. The molecule has 0 aliphatic heterocycles. The zero-order valence-corrected chi connectivity index (χ0v) is 16.0. The third kappa shape index (κ3) is 4.37. The second kappa shape index (κ2) is 8.06. The minimum Gasteiger partial charge on any atom is -0.481 e. The fourth-order valence-corrected chi connectivity index (χ4v) is 2.60. The summed E-state index contributed by atoms with van der Waals surface area (Å²) in [6.45, 7) is 0. The van der Waals surface area contributed by atoms with Crippen LogP contribution in [0.2, 0.25) is 0 Å². The largest absolute Gasteiger partial charge is 0.534 e. The third-order valence-corrected chi connectivity index (χ3v) is 4.36. The van der Waals surface area contributed by atoms with Gasteiger partial charge in [0, 0.05) is 0 Å². The van der Waals surface area contributed by atoms with Gasteiger partial charge < -0.3 is 22.8 Å². The Morgan fingerprint density at radius 1 is 1.03 bits per heavy atom. The molecule has 0 fully saturated rings. The number of aromatic nitrogens is 3. The number of hydrogen-bond acceptors (Lipinski definition) is 10. The molecule has 0 bridgehead atoms. The van der Waals surface area contributed by atoms with Gasteiger partial charge in [0.25, 0.3) is 0 Å². The molecule has 0 aliphatic carbocycles. The number of rotatable bonds is 7. The maximum atomic E-state index is 12.8. The van der Waals surface area contributed by atoms with Crippen LogP contribution < -0.4 is 18.4 Å². The van der Waals surface area contributed by atoms with Gasteiger partial charge in [0.2, 0.25) is 17.7 Å². The molecule has 2 aromatic heterocycles. The molecule has 0 unspecified atom stereocenters. The number of methoxy groups -OCH3 is 2. The van der Waals surface area contributed by atoms with Gasteiger partial charge in [-0.05, 0) is 12.1 Å². The molecule has 0 radical (unpaired) electrons. The summed E-state index contributed by atoms with van der Waals surface area (Å²) >= 11 is 0. The summed E-state index contributed by atoms with van der Waals surface area (Å²) in [5.41, 5.74) is -5.97. The molecule has 3 rings (SSSR count). The summed E-state index contributed by atoms with van der Waals surface area (Å²) in [7, 11) is -3.30. The summed E-state index contributed by atoms with van der Waals surface area (Å²) in [5, 5.41) is 0. The minimum atomic E-state index is -5.97. The summed E-state index contributed by atoms with van der Waals surface area (Å²) in [5.74, 6) is -1.07. The Balaban J connectivity index is 2.10. The summed E-state index contributed by atoms with van der Waals surface area (Å²) < 4.78 is 86.2. The average Bonchev–Trinajstić information content (AvgIpc) is 3.21. The lowest BCUT2D eigenvalue weighted by atomic mass is 10.2. The number of ether oxygens (including phenoxy) is 3. The molecule has 3 aromatic rings. The van der Waals surface area contributed by atoms with Crippen LogP contribution in [0.4, 0.5) is 13.2 Å². The van der Waals surface area contributed by atoms with Crippen LogP contribution in [0.1, 0.15) is 0 Å². The van der Waals surface area contributed by atoms with Crippen LogP contribution in [0.5, 0.6) is 29.3 Å². The van der Waals surface area contributed by atoms with Crippen molar-refractivity contribution >= 4 is 10.1 Å². The maximum Gasteiger partial charge on any atom is 0.534 e. The average molecular weight is 447 g/mol. The van der Waals surface area contributed by atoms with E-state index in [0.29, 0.717) is 0 Å². The smallest absolute Gasteiger partial charge is 0.481 e. The number of nitrogens with zero attached hydrogens (tertiary/aromatic N) is 3. The third-order valence-electron chi connectivity index (χ3n) is 3.40. The van der Waals surface area contributed by atoms with Crippen LogP contribution >= 0.6 is 0 Å². The highest BCUT2D eigenvalue weighted by Gasteiger charge is 2.49. The first-order valence-electron chi connectivity index (χ1n) is 7.83. The van der Waals surface area contributed by atoms with E-state index in [2.05, 4.69) is 19.1 Å². The summed E-state index contributed by atoms with van der Waals surface area (Å²) in [4.78, 5) is 11.7. The monoisotopic (exact) mass is 447 g/mol. The van der Waals surface area contributed by atoms with Gasteiger partial charge in [-0.3, -0.25) is 0 Å². The van der Waals surface area contributed by atoms with Crippen LogP contribution in [0.25, 0.3) is 11.5 Å². The van der Waals surface area contributed by atoms with Crippen LogP contribution in [0, 0.1) is 0 Å². The second-order valence-corrected chi connectivity index (χ2v) is 6.82. The Morgan fingerprint density at radius 2 is 1.67 bits per heavy atom. The Labute approximate surface area is 167 Å². The fourth-order valence-electron chi connectivity index (χ4n) is 2.13. The van der Waals surface area contributed by atoms with E-state index in [4.69, 9.17) is 18.6 Å². The highest BCUT2D eigenvalue weighted by atomic mass is 32.2. The van der Waals surface area contributed by atoms with Crippen molar-refractivity contribution in [2.45, 2.75) is 5.51 Å². The highest BCUT2D eigenvalue weighted by molar-refractivity contribution is 7.88. The Kier molecular flexibility index (Phi) is 5.69. The number of oxazole rings is 1. The van der Waals surface area contributed by atoms with E-state index in [9.17, 15) is 21.6 Å². The maximum absolute atomic E-state index is 12.8. The van der Waals surface area contributed by atoms with Gasteiger partial charge in [-0.25, -0.2) is 4.98 Å². The molecule has 0 atom stereocenters. The van der Waals surface area contributed by atoms with Crippen molar-refractivity contribution in [2.75, 3.05) is 14.2 Å². The van der Waals surface area contributed by atoms with Gasteiger partial charge in [-0.15, -0.1) is 0 Å². The lowest BCUT2D eigenvalue weighted by Gasteiger charge is -2.14. The van der Waals surface area contributed by atoms with Crippen LogP contribution in [0.15, 0.2) is 41.1 Å². The number of benzene rings is 1. The molecular formula is C16H12F3N3O7S. The van der Waals surface area contributed by atoms with E-state index in [1.807, 2.05) is 0 Å². The minimum absolute atomic E-state index is 0.0709. The first-order valence-corrected chi connectivity index (χ1v) is 9.24. The van der Waals surface area contributed by atoms with E-state index >= 15 is 0 Å². The predicted molar refractivity (Wildman–Crippen MR) is 92.8 cm³/mol. The lowest BCUT2D eigenvalue weighted by molar-refractivity contribution is -0.0500. The molecule has 0 spiro atoms. The van der Waals surface area contributed by atoms with Gasteiger partial charge in [-0.2, -0.15) is 31.6 Å². The predicted octanol–water partition coefficient (Wildman–Crippen LogP) is 3.17. The van der Waals surface area contributed by atoms with Crippen molar-refractivity contribution in [3.05, 3.63) is 36.7 Å². The van der Waals surface area contributed by atoms with Crippen molar-refractivity contribution in [1.29, 1.82) is 0 Å². The SMILES string of the molecule is COc1cc(OC)nc(Oc2cccc(OS(=O)(=O)C(F)(F)F)c2-c2ncco2)n1. The molecular weight excluding hydrogens is 435 g/mol. The zero-order chi connectivity index (χ0) is 21.9. The van der Waals surface area contributed by atoms with Crippen molar-refractivity contribution < 1.29 is 44.4 Å². The van der Waals surface area contributed by atoms with Gasteiger partial charge in [0.05, 0.1) is 26.5 Å². The number of alkyl halides is 3. The summed E-state index contributed by atoms with van der Waals surface area (Å²) in [6.07, 6.45) is 2.32. The molecule has 160 valence electrons. The van der Waals surface area contributed by atoms with E-state index in [1.165, 1.54) is 38.6 Å². The molecule has 1 aromatic carbocycles.